The molecule has 1 aliphatic rings. The van der Waals surface area contributed by atoms with Gasteiger partial charge in [0.1, 0.15) is 5.82 Å². The van der Waals surface area contributed by atoms with Crippen molar-refractivity contribution < 1.29 is 14.3 Å². The highest BCUT2D eigenvalue weighted by Crippen LogP contribution is 2.24. The summed E-state index contributed by atoms with van der Waals surface area (Å²) in [7, 11) is 0. The third kappa shape index (κ3) is 3.52. The van der Waals surface area contributed by atoms with E-state index in [1.165, 1.54) is 12.1 Å². The Morgan fingerprint density at radius 2 is 2.42 bits per heavy atom. The maximum absolute atomic E-state index is 12.9. The van der Waals surface area contributed by atoms with Crippen LogP contribution in [0.25, 0.3) is 0 Å². The van der Waals surface area contributed by atoms with E-state index in [1.807, 2.05) is 0 Å². The van der Waals surface area contributed by atoms with Gasteiger partial charge in [-0.25, -0.2) is 9.18 Å². The van der Waals surface area contributed by atoms with Crippen molar-refractivity contribution in [2.24, 2.45) is 0 Å². The lowest BCUT2D eigenvalue weighted by atomic mass is 10.3. The lowest BCUT2D eigenvalue weighted by Gasteiger charge is -2.34. The smallest absolute Gasteiger partial charge is 0.322 e. The second-order valence-electron chi connectivity index (χ2n) is 4.16. The molecule has 1 atom stereocenters. The number of carbonyl (C=O) groups excluding carboxylic acids is 1. The average Bonchev–Trinajstić information content (AvgIpc) is 2.41. The van der Waals surface area contributed by atoms with Crippen LogP contribution in [0.15, 0.2) is 18.2 Å². The second-order valence-corrected chi connectivity index (χ2v) is 5.72. The molecule has 0 radical (unpaired) electrons. The van der Waals surface area contributed by atoms with Crippen molar-refractivity contribution >= 4 is 35.1 Å². The Hall–Kier alpha value is -0.980. The van der Waals surface area contributed by atoms with E-state index in [0.29, 0.717) is 18.0 Å². The van der Waals surface area contributed by atoms with Gasteiger partial charge in [-0.2, -0.15) is 11.8 Å². The van der Waals surface area contributed by atoms with Crippen molar-refractivity contribution in [3.05, 3.63) is 29.0 Å². The van der Waals surface area contributed by atoms with E-state index in [9.17, 15) is 14.3 Å². The number of aliphatic hydroxyl groups is 1. The first-order chi connectivity index (χ1) is 9.11. The van der Waals surface area contributed by atoms with Crippen LogP contribution in [0, 0.1) is 5.82 Å². The predicted octanol–water partition coefficient (Wildman–Crippen LogP) is 2.42. The van der Waals surface area contributed by atoms with Crippen LogP contribution in [0.1, 0.15) is 0 Å². The Bertz CT molecular complexity index is 475. The number of carbonyl (C=O) groups is 1. The molecule has 0 spiro atoms. The van der Waals surface area contributed by atoms with Gasteiger partial charge in [0.15, 0.2) is 0 Å². The SMILES string of the molecule is O=C(Nc1ccc(F)cc1Cl)N1CCSC[C@@H]1CO. The number of hydrogen-bond donors (Lipinski definition) is 2. The number of aliphatic hydroxyl groups excluding tert-OH is 1. The number of halogens is 2. The number of amides is 2. The number of nitrogens with zero attached hydrogens (tertiary/aromatic N) is 1. The Morgan fingerprint density at radius 3 is 3.11 bits per heavy atom. The quantitative estimate of drug-likeness (QED) is 0.882. The number of urea groups is 1. The lowest BCUT2D eigenvalue weighted by Crippen LogP contribution is -2.49. The monoisotopic (exact) mass is 304 g/mol. The predicted molar refractivity (Wildman–Crippen MR) is 75.3 cm³/mol. The van der Waals surface area contributed by atoms with Gasteiger partial charge in [-0.1, -0.05) is 11.6 Å². The zero-order valence-electron chi connectivity index (χ0n) is 10.1. The van der Waals surface area contributed by atoms with Crippen molar-refractivity contribution in [3.63, 3.8) is 0 Å². The lowest BCUT2D eigenvalue weighted by molar-refractivity contribution is 0.154. The summed E-state index contributed by atoms with van der Waals surface area (Å²) in [6.45, 7) is 0.498. The van der Waals surface area contributed by atoms with Crippen molar-refractivity contribution in [2.75, 3.05) is 30.0 Å². The molecule has 1 fully saturated rings. The number of anilines is 1. The number of thioether (sulfide) groups is 1. The number of rotatable bonds is 2. The first-order valence-electron chi connectivity index (χ1n) is 5.83. The first kappa shape index (κ1) is 14.4. The summed E-state index contributed by atoms with van der Waals surface area (Å²) >= 11 is 7.56. The molecule has 4 nitrogen and oxygen atoms in total. The molecule has 1 aromatic rings. The number of benzene rings is 1. The minimum atomic E-state index is -0.453. The summed E-state index contributed by atoms with van der Waals surface area (Å²) in [5.41, 5.74) is 0.364. The van der Waals surface area contributed by atoms with E-state index >= 15 is 0 Å². The molecule has 0 saturated carbocycles. The molecule has 19 heavy (non-hydrogen) atoms. The minimum absolute atomic E-state index is 0.0719. The third-order valence-electron chi connectivity index (χ3n) is 2.87. The van der Waals surface area contributed by atoms with Crippen molar-refractivity contribution in [1.29, 1.82) is 0 Å². The van der Waals surface area contributed by atoms with Crippen LogP contribution in [-0.4, -0.2) is 46.7 Å². The fourth-order valence-corrected chi connectivity index (χ4v) is 3.12. The van der Waals surface area contributed by atoms with E-state index in [-0.39, 0.29) is 23.7 Å². The van der Waals surface area contributed by atoms with Crippen molar-refractivity contribution in [3.8, 4) is 0 Å². The molecule has 2 amide bonds. The van der Waals surface area contributed by atoms with Crippen LogP contribution >= 0.6 is 23.4 Å². The first-order valence-corrected chi connectivity index (χ1v) is 7.36. The van der Waals surface area contributed by atoms with Gasteiger partial charge in [-0.15, -0.1) is 0 Å². The van der Waals surface area contributed by atoms with Gasteiger partial charge in [0.05, 0.1) is 23.4 Å². The summed E-state index contributed by atoms with van der Waals surface area (Å²) in [5, 5.41) is 12.0. The van der Waals surface area contributed by atoms with Crippen LogP contribution in [0.5, 0.6) is 0 Å². The molecular formula is C12H14ClFN2O2S. The summed E-state index contributed by atoms with van der Waals surface area (Å²) < 4.78 is 12.9. The van der Waals surface area contributed by atoms with Crippen LogP contribution < -0.4 is 5.32 Å². The van der Waals surface area contributed by atoms with Gasteiger partial charge in [-0.3, -0.25) is 0 Å². The minimum Gasteiger partial charge on any atom is -0.394 e. The normalized spacial score (nSPS) is 19.3. The summed E-state index contributed by atoms with van der Waals surface area (Å²) in [4.78, 5) is 13.7. The molecule has 2 rings (SSSR count). The molecule has 1 aromatic carbocycles. The van der Waals surface area contributed by atoms with E-state index in [1.54, 1.807) is 16.7 Å². The Morgan fingerprint density at radius 1 is 1.63 bits per heavy atom. The molecule has 1 saturated heterocycles. The standard InChI is InChI=1S/C12H14ClFN2O2S/c13-10-5-8(14)1-2-11(10)15-12(18)16-3-4-19-7-9(16)6-17/h1-2,5,9,17H,3-4,6-7H2,(H,15,18)/t9-/m0/s1. The van der Waals surface area contributed by atoms with Crippen LogP contribution in [0.3, 0.4) is 0 Å². The highest BCUT2D eigenvalue weighted by molar-refractivity contribution is 7.99. The van der Waals surface area contributed by atoms with Gasteiger partial charge in [-0.05, 0) is 18.2 Å². The highest BCUT2D eigenvalue weighted by atomic mass is 35.5. The fraction of sp³-hybridized carbons (Fsp3) is 0.417. The van der Waals surface area contributed by atoms with E-state index in [0.717, 1.165) is 11.8 Å². The molecule has 0 unspecified atom stereocenters. The zero-order valence-corrected chi connectivity index (χ0v) is 11.7. The largest absolute Gasteiger partial charge is 0.394 e. The Labute approximate surface area is 119 Å². The molecule has 104 valence electrons. The molecule has 7 heteroatoms. The highest BCUT2D eigenvalue weighted by Gasteiger charge is 2.26. The van der Waals surface area contributed by atoms with Crippen LogP contribution in [0.4, 0.5) is 14.9 Å². The summed E-state index contributed by atoms with van der Waals surface area (Å²) in [5.74, 6) is 1.09. The van der Waals surface area contributed by atoms with Gasteiger partial charge in [0, 0.05) is 18.1 Å². The number of nitrogens with one attached hydrogen (secondary N) is 1. The van der Waals surface area contributed by atoms with E-state index in [2.05, 4.69) is 5.32 Å². The van der Waals surface area contributed by atoms with Gasteiger partial charge >= 0.3 is 6.03 Å². The molecule has 0 bridgehead atoms. The summed E-state index contributed by atoms with van der Waals surface area (Å²) in [6, 6.07) is 3.28. The molecule has 0 aromatic heterocycles. The van der Waals surface area contributed by atoms with Crippen molar-refractivity contribution in [1.82, 2.24) is 4.90 Å². The maximum Gasteiger partial charge on any atom is 0.322 e. The van der Waals surface area contributed by atoms with Crippen LogP contribution in [-0.2, 0) is 0 Å². The third-order valence-corrected chi connectivity index (χ3v) is 4.28. The molecule has 1 aliphatic heterocycles. The topological polar surface area (TPSA) is 52.6 Å². The molecule has 0 aliphatic carbocycles. The van der Waals surface area contributed by atoms with E-state index in [4.69, 9.17) is 11.6 Å². The fourth-order valence-electron chi connectivity index (χ4n) is 1.85. The van der Waals surface area contributed by atoms with E-state index < -0.39 is 5.82 Å². The van der Waals surface area contributed by atoms with Crippen molar-refractivity contribution in [2.45, 2.75) is 6.04 Å². The summed E-state index contributed by atoms with van der Waals surface area (Å²) in [6.07, 6.45) is 0. The molecule has 1 heterocycles. The molecular weight excluding hydrogens is 291 g/mol. The van der Waals surface area contributed by atoms with Gasteiger partial charge in [0.2, 0.25) is 0 Å². The maximum atomic E-state index is 12.9. The average molecular weight is 305 g/mol. The number of hydrogen-bond acceptors (Lipinski definition) is 3. The Kier molecular flexibility index (Phi) is 4.90. The second kappa shape index (κ2) is 6.45. The van der Waals surface area contributed by atoms with Gasteiger partial charge in [0.25, 0.3) is 0 Å². The van der Waals surface area contributed by atoms with Crippen LogP contribution in [0.2, 0.25) is 5.02 Å². The zero-order chi connectivity index (χ0) is 13.8. The molecule has 2 N–H and O–H groups in total. The van der Waals surface area contributed by atoms with Gasteiger partial charge < -0.3 is 15.3 Å². The Balaban J connectivity index is 2.07.